The third-order valence-electron chi connectivity index (χ3n) is 8.80. The van der Waals surface area contributed by atoms with Crippen molar-refractivity contribution < 1.29 is 14.3 Å². The summed E-state index contributed by atoms with van der Waals surface area (Å²) in [5, 5.41) is 3.06. The van der Waals surface area contributed by atoms with Gasteiger partial charge in [-0.15, -0.1) is 0 Å². The first-order chi connectivity index (χ1) is 18.9. The van der Waals surface area contributed by atoms with E-state index in [1.807, 2.05) is 19.9 Å². The maximum Gasteiger partial charge on any atom is 0.253 e. The molecule has 1 aliphatic carbocycles. The lowest BCUT2D eigenvalue weighted by atomic mass is 9.96. The molecule has 2 saturated heterocycles. The van der Waals surface area contributed by atoms with Crippen LogP contribution in [0.15, 0.2) is 23.0 Å². The number of H-pyrrole nitrogens is 1. The molecule has 8 heteroatoms. The summed E-state index contributed by atoms with van der Waals surface area (Å²) >= 11 is 0. The smallest absolute Gasteiger partial charge is 0.253 e. The molecule has 0 spiro atoms. The van der Waals surface area contributed by atoms with Crippen LogP contribution in [0.25, 0.3) is 0 Å². The van der Waals surface area contributed by atoms with Crippen molar-refractivity contribution >= 4 is 11.6 Å². The van der Waals surface area contributed by atoms with Gasteiger partial charge in [0.05, 0.1) is 13.2 Å². The van der Waals surface area contributed by atoms with E-state index >= 15 is 0 Å². The highest BCUT2D eigenvalue weighted by molar-refractivity contribution is 5.97. The average molecular weight is 537 g/mol. The van der Waals surface area contributed by atoms with Crippen molar-refractivity contribution in [3.8, 4) is 0 Å². The molecule has 3 aliphatic rings. The minimum Gasteiger partial charge on any atom is -0.381 e. The van der Waals surface area contributed by atoms with Gasteiger partial charge in [0, 0.05) is 74.5 Å². The zero-order valence-electron chi connectivity index (χ0n) is 24.0. The standard InChI is InChI=1S/C31H44N4O4/c1-5-35(25-6-10-38-11-7-25)29-17-23(27-16-24(27)19-34-8-12-39-13-9-34)15-26(22(29)4)30(36)32-18-28-20(2)14-21(3)33-31(28)37/h14-15,17,24-25,27H,5-13,16,18-19H2,1-4H3,(H,32,36)(H,33,37). The molecule has 8 nitrogen and oxygen atoms in total. The number of carbonyl (C=O) groups is 1. The van der Waals surface area contributed by atoms with E-state index in [1.165, 1.54) is 5.56 Å². The number of ether oxygens (including phenoxy) is 2. The summed E-state index contributed by atoms with van der Waals surface area (Å²) in [6.07, 6.45) is 3.15. The van der Waals surface area contributed by atoms with Gasteiger partial charge in [0.15, 0.2) is 0 Å². The molecule has 2 atom stereocenters. The van der Waals surface area contributed by atoms with E-state index in [0.717, 1.165) is 94.4 Å². The summed E-state index contributed by atoms with van der Waals surface area (Å²) < 4.78 is 11.2. The number of amides is 1. The van der Waals surface area contributed by atoms with Crippen LogP contribution in [0.2, 0.25) is 0 Å². The van der Waals surface area contributed by atoms with Crippen LogP contribution in [0, 0.1) is 26.7 Å². The second-order valence-electron chi connectivity index (χ2n) is 11.5. The van der Waals surface area contributed by atoms with Crippen molar-refractivity contribution in [2.24, 2.45) is 5.92 Å². The highest BCUT2D eigenvalue weighted by atomic mass is 16.5. The molecular weight excluding hydrogens is 492 g/mol. The highest BCUT2D eigenvalue weighted by Crippen LogP contribution is 2.49. The topological polar surface area (TPSA) is 86.9 Å². The third kappa shape index (κ3) is 6.39. The zero-order valence-corrected chi connectivity index (χ0v) is 24.0. The lowest BCUT2D eigenvalue weighted by Gasteiger charge is -2.37. The van der Waals surface area contributed by atoms with Crippen LogP contribution in [-0.2, 0) is 16.0 Å². The number of aromatic amines is 1. The highest BCUT2D eigenvalue weighted by Gasteiger charge is 2.40. The van der Waals surface area contributed by atoms with E-state index < -0.39 is 0 Å². The Kier molecular flexibility index (Phi) is 8.74. The van der Waals surface area contributed by atoms with E-state index in [9.17, 15) is 9.59 Å². The Morgan fingerprint density at radius 1 is 1.08 bits per heavy atom. The average Bonchev–Trinajstić information content (AvgIpc) is 3.69. The van der Waals surface area contributed by atoms with E-state index in [1.54, 1.807) is 0 Å². The minimum absolute atomic E-state index is 0.122. The van der Waals surface area contributed by atoms with Gasteiger partial charge >= 0.3 is 0 Å². The SMILES string of the molecule is CCN(c1cc(C2CC2CN2CCOCC2)cc(C(=O)NCc2c(C)cc(C)[nH]c2=O)c1C)C1CCOCC1. The number of morpholine rings is 1. The molecule has 2 N–H and O–H groups in total. The number of carbonyl (C=O) groups excluding carboxylic acids is 1. The van der Waals surface area contributed by atoms with Gasteiger partial charge in [-0.2, -0.15) is 0 Å². The molecule has 1 aromatic heterocycles. The van der Waals surface area contributed by atoms with Gasteiger partial charge in [-0.3, -0.25) is 14.5 Å². The first kappa shape index (κ1) is 27.9. The Morgan fingerprint density at radius 3 is 2.49 bits per heavy atom. The van der Waals surface area contributed by atoms with Crippen LogP contribution >= 0.6 is 0 Å². The molecule has 2 aliphatic heterocycles. The lowest BCUT2D eigenvalue weighted by molar-refractivity contribution is 0.0355. The van der Waals surface area contributed by atoms with E-state index in [2.05, 4.69) is 46.1 Å². The van der Waals surface area contributed by atoms with Crippen LogP contribution < -0.4 is 15.8 Å². The summed E-state index contributed by atoms with van der Waals surface area (Å²) in [4.78, 5) is 34.1. The fraction of sp³-hybridized carbons (Fsp3) is 0.613. The van der Waals surface area contributed by atoms with Gasteiger partial charge in [-0.25, -0.2) is 0 Å². The number of benzene rings is 1. The summed E-state index contributed by atoms with van der Waals surface area (Å²) in [6.45, 7) is 15.4. The number of anilines is 1. The first-order valence-electron chi connectivity index (χ1n) is 14.6. The first-order valence-corrected chi connectivity index (χ1v) is 14.6. The van der Waals surface area contributed by atoms with Crippen molar-refractivity contribution in [3.05, 3.63) is 62.1 Å². The summed E-state index contributed by atoms with van der Waals surface area (Å²) in [5.41, 5.74) is 6.32. The van der Waals surface area contributed by atoms with Crippen LogP contribution in [0.4, 0.5) is 5.69 Å². The third-order valence-corrected chi connectivity index (χ3v) is 8.80. The minimum atomic E-state index is -0.139. The van der Waals surface area contributed by atoms with E-state index in [0.29, 0.717) is 29.0 Å². The van der Waals surface area contributed by atoms with Crippen LogP contribution in [-0.4, -0.2) is 74.4 Å². The monoisotopic (exact) mass is 536 g/mol. The Bertz CT molecular complexity index is 1230. The summed E-state index contributed by atoms with van der Waals surface area (Å²) in [5.74, 6) is 0.958. The second kappa shape index (κ2) is 12.2. The van der Waals surface area contributed by atoms with E-state index in [4.69, 9.17) is 9.47 Å². The quantitative estimate of drug-likeness (QED) is 0.509. The lowest BCUT2D eigenvalue weighted by Crippen LogP contribution is -2.40. The second-order valence-corrected chi connectivity index (χ2v) is 11.5. The predicted octanol–water partition coefficient (Wildman–Crippen LogP) is 3.67. The van der Waals surface area contributed by atoms with Crippen LogP contribution in [0.5, 0.6) is 0 Å². The number of hydrogen-bond acceptors (Lipinski definition) is 6. The van der Waals surface area contributed by atoms with Crippen LogP contribution in [0.3, 0.4) is 0 Å². The maximum atomic E-state index is 13.7. The Labute approximate surface area is 232 Å². The molecule has 3 fully saturated rings. The molecule has 1 saturated carbocycles. The Morgan fingerprint density at radius 2 is 1.79 bits per heavy atom. The molecule has 1 aromatic carbocycles. The van der Waals surface area contributed by atoms with Crippen LogP contribution in [0.1, 0.15) is 70.4 Å². The van der Waals surface area contributed by atoms with E-state index in [-0.39, 0.29) is 18.0 Å². The Hall–Kier alpha value is -2.68. The fourth-order valence-corrected chi connectivity index (χ4v) is 6.43. The van der Waals surface area contributed by atoms with Gasteiger partial charge < -0.3 is 24.7 Å². The molecule has 3 heterocycles. The molecule has 5 rings (SSSR count). The largest absolute Gasteiger partial charge is 0.381 e. The van der Waals surface area contributed by atoms with Crippen molar-refractivity contribution in [2.75, 3.05) is 57.5 Å². The summed E-state index contributed by atoms with van der Waals surface area (Å²) in [7, 11) is 0. The fourth-order valence-electron chi connectivity index (χ4n) is 6.43. The predicted molar refractivity (Wildman–Crippen MR) is 154 cm³/mol. The normalized spacial score (nSPS) is 22.1. The van der Waals surface area contributed by atoms with Crippen molar-refractivity contribution in [1.29, 1.82) is 0 Å². The number of aryl methyl sites for hydroxylation is 2. The molecule has 0 radical (unpaired) electrons. The number of nitrogens with one attached hydrogen (secondary N) is 2. The number of aromatic nitrogens is 1. The zero-order chi connectivity index (χ0) is 27.5. The molecule has 39 heavy (non-hydrogen) atoms. The summed E-state index contributed by atoms with van der Waals surface area (Å²) in [6, 6.07) is 6.82. The van der Waals surface area contributed by atoms with Gasteiger partial charge in [-0.1, -0.05) is 0 Å². The number of pyridine rings is 1. The molecule has 1 amide bonds. The van der Waals surface area contributed by atoms with Gasteiger partial charge in [0.1, 0.15) is 0 Å². The number of rotatable bonds is 9. The molecule has 2 aromatic rings. The number of hydrogen-bond donors (Lipinski definition) is 2. The molecular formula is C31H44N4O4. The molecule has 0 bridgehead atoms. The van der Waals surface area contributed by atoms with Gasteiger partial charge in [-0.05, 0) is 93.7 Å². The Balaban J connectivity index is 1.41. The van der Waals surface area contributed by atoms with Crippen molar-refractivity contribution in [1.82, 2.24) is 15.2 Å². The molecule has 212 valence electrons. The van der Waals surface area contributed by atoms with Crippen molar-refractivity contribution in [2.45, 2.75) is 65.5 Å². The number of nitrogens with zero attached hydrogens (tertiary/aromatic N) is 2. The van der Waals surface area contributed by atoms with Gasteiger partial charge in [0.2, 0.25) is 0 Å². The molecule has 2 unspecified atom stereocenters. The maximum absolute atomic E-state index is 13.7. The van der Waals surface area contributed by atoms with Gasteiger partial charge in [0.25, 0.3) is 11.5 Å². The van der Waals surface area contributed by atoms with Crippen molar-refractivity contribution in [3.63, 3.8) is 0 Å².